The highest BCUT2D eigenvalue weighted by Crippen LogP contribution is 2.27. The van der Waals surface area contributed by atoms with Crippen LogP contribution in [0.3, 0.4) is 0 Å². The van der Waals surface area contributed by atoms with Gasteiger partial charge in [-0.25, -0.2) is 0 Å². The summed E-state index contributed by atoms with van der Waals surface area (Å²) in [5.41, 5.74) is 2.31. The largest absolute Gasteiger partial charge is 0.391 e. The van der Waals surface area contributed by atoms with Gasteiger partial charge in [0.1, 0.15) is 0 Å². The summed E-state index contributed by atoms with van der Waals surface area (Å²) in [4.78, 5) is 24.6. The molecule has 0 radical (unpaired) electrons. The van der Waals surface area contributed by atoms with E-state index in [0.29, 0.717) is 32.4 Å². The number of aryl methyl sites for hydroxylation is 2. The summed E-state index contributed by atoms with van der Waals surface area (Å²) in [6, 6.07) is 1.53. The predicted octanol–water partition coefficient (Wildman–Crippen LogP) is 1.45. The van der Waals surface area contributed by atoms with Crippen LogP contribution in [0.15, 0.2) is 23.9 Å². The standard InChI is InChI=1S/C20H30N4O3/c1-14-7-9-22-24(14)10-8-19(26)23-17-11-16(12-18(17)25)20(27)21-13-15-5-3-2-4-6-15/h5,7,9,16-18,25H,2-4,6,8,10-13H2,1H3,(H,21,27)(H,23,26)/t16-,17+,18+/m0/s1. The average molecular weight is 374 g/mol. The minimum Gasteiger partial charge on any atom is -0.391 e. The van der Waals surface area contributed by atoms with E-state index in [1.807, 2.05) is 13.0 Å². The maximum absolute atomic E-state index is 12.4. The highest BCUT2D eigenvalue weighted by Gasteiger charge is 2.37. The van der Waals surface area contributed by atoms with Crippen LogP contribution in [0.25, 0.3) is 0 Å². The molecule has 0 saturated heterocycles. The molecule has 27 heavy (non-hydrogen) atoms. The molecule has 2 amide bonds. The van der Waals surface area contributed by atoms with E-state index in [2.05, 4.69) is 21.8 Å². The molecule has 1 aromatic rings. The summed E-state index contributed by atoms with van der Waals surface area (Å²) in [7, 11) is 0. The Morgan fingerprint density at radius 1 is 1.33 bits per heavy atom. The van der Waals surface area contributed by atoms with Gasteiger partial charge < -0.3 is 15.7 Å². The highest BCUT2D eigenvalue weighted by molar-refractivity contribution is 5.80. The minimum atomic E-state index is -0.676. The fraction of sp³-hybridized carbons (Fsp3) is 0.650. The molecule has 1 aromatic heterocycles. The van der Waals surface area contributed by atoms with E-state index in [9.17, 15) is 14.7 Å². The fourth-order valence-electron chi connectivity index (χ4n) is 3.91. The normalized spacial score (nSPS) is 25.1. The van der Waals surface area contributed by atoms with E-state index in [4.69, 9.17) is 0 Å². The zero-order valence-electron chi connectivity index (χ0n) is 16.0. The number of allylic oxidation sites excluding steroid dienone is 1. The SMILES string of the molecule is Cc1ccnn1CCC(=O)N[C@@H]1C[C@H](C(=O)NCC2=CCCCC2)C[C@H]1O. The molecule has 0 aliphatic heterocycles. The molecule has 1 heterocycles. The Morgan fingerprint density at radius 3 is 2.89 bits per heavy atom. The number of carbonyl (C=O) groups excluding carboxylic acids is 2. The molecule has 1 saturated carbocycles. The van der Waals surface area contributed by atoms with Gasteiger partial charge in [0.15, 0.2) is 0 Å². The lowest BCUT2D eigenvalue weighted by atomic mass is 9.99. The Morgan fingerprint density at radius 2 is 2.19 bits per heavy atom. The van der Waals surface area contributed by atoms with Gasteiger partial charge in [0.2, 0.25) is 11.8 Å². The van der Waals surface area contributed by atoms with Crippen molar-refractivity contribution in [3.05, 3.63) is 29.6 Å². The molecule has 0 bridgehead atoms. The second-order valence-corrected chi connectivity index (χ2v) is 7.68. The molecule has 3 rings (SSSR count). The predicted molar refractivity (Wildman–Crippen MR) is 102 cm³/mol. The Balaban J connectivity index is 1.41. The summed E-state index contributed by atoms with van der Waals surface area (Å²) in [6.07, 6.45) is 9.01. The van der Waals surface area contributed by atoms with Gasteiger partial charge >= 0.3 is 0 Å². The molecule has 0 spiro atoms. The number of aliphatic hydroxyl groups is 1. The monoisotopic (exact) mass is 374 g/mol. The zero-order valence-corrected chi connectivity index (χ0v) is 16.0. The first-order valence-corrected chi connectivity index (χ1v) is 9.94. The molecular weight excluding hydrogens is 344 g/mol. The van der Waals surface area contributed by atoms with Crippen molar-refractivity contribution in [1.82, 2.24) is 20.4 Å². The van der Waals surface area contributed by atoms with Crippen molar-refractivity contribution >= 4 is 11.8 Å². The van der Waals surface area contributed by atoms with Crippen LogP contribution in [0.2, 0.25) is 0 Å². The van der Waals surface area contributed by atoms with Gasteiger partial charge in [-0.15, -0.1) is 0 Å². The van der Waals surface area contributed by atoms with Crippen LogP contribution < -0.4 is 10.6 Å². The number of nitrogens with zero attached hydrogens (tertiary/aromatic N) is 2. The van der Waals surface area contributed by atoms with E-state index in [0.717, 1.165) is 18.5 Å². The van der Waals surface area contributed by atoms with E-state index in [1.165, 1.54) is 18.4 Å². The van der Waals surface area contributed by atoms with Crippen molar-refractivity contribution in [3.63, 3.8) is 0 Å². The Bertz CT molecular complexity index is 697. The molecule has 7 nitrogen and oxygen atoms in total. The number of hydrogen-bond acceptors (Lipinski definition) is 4. The Kier molecular flexibility index (Phi) is 6.66. The van der Waals surface area contributed by atoms with Crippen LogP contribution in [0.5, 0.6) is 0 Å². The van der Waals surface area contributed by atoms with Gasteiger partial charge in [-0.1, -0.05) is 11.6 Å². The van der Waals surface area contributed by atoms with Gasteiger partial charge in [0, 0.05) is 37.3 Å². The first-order valence-electron chi connectivity index (χ1n) is 9.94. The molecule has 2 aliphatic rings. The molecule has 3 atom stereocenters. The number of amides is 2. The molecule has 0 unspecified atom stereocenters. The average Bonchev–Trinajstić information content (AvgIpc) is 3.24. The molecule has 7 heteroatoms. The highest BCUT2D eigenvalue weighted by atomic mass is 16.3. The third-order valence-electron chi connectivity index (χ3n) is 5.60. The molecule has 1 fully saturated rings. The number of carbonyl (C=O) groups is 2. The van der Waals surface area contributed by atoms with Crippen LogP contribution >= 0.6 is 0 Å². The van der Waals surface area contributed by atoms with Crippen LogP contribution in [0.1, 0.15) is 50.6 Å². The van der Waals surface area contributed by atoms with Crippen LogP contribution in [-0.2, 0) is 16.1 Å². The molecule has 148 valence electrons. The van der Waals surface area contributed by atoms with Crippen molar-refractivity contribution in [2.24, 2.45) is 5.92 Å². The quantitative estimate of drug-likeness (QED) is 0.630. The van der Waals surface area contributed by atoms with E-state index in [-0.39, 0.29) is 23.8 Å². The summed E-state index contributed by atoms with van der Waals surface area (Å²) < 4.78 is 1.78. The number of aromatic nitrogens is 2. The lowest BCUT2D eigenvalue weighted by Crippen LogP contribution is -2.40. The topological polar surface area (TPSA) is 96.2 Å². The Labute approximate surface area is 160 Å². The van der Waals surface area contributed by atoms with Gasteiger partial charge in [-0.3, -0.25) is 14.3 Å². The first kappa shape index (κ1) is 19.6. The van der Waals surface area contributed by atoms with Gasteiger partial charge in [-0.05, 0) is 51.5 Å². The van der Waals surface area contributed by atoms with Crippen molar-refractivity contribution in [2.75, 3.05) is 6.54 Å². The van der Waals surface area contributed by atoms with Crippen molar-refractivity contribution in [3.8, 4) is 0 Å². The molecule has 0 aromatic carbocycles. The van der Waals surface area contributed by atoms with Crippen LogP contribution in [0, 0.1) is 12.8 Å². The summed E-state index contributed by atoms with van der Waals surface area (Å²) in [5.74, 6) is -0.394. The minimum absolute atomic E-state index is 0.0237. The number of nitrogens with one attached hydrogen (secondary N) is 2. The second-order valence-electron chi connectivity index (χ2n) is 7.68. The van der Waals surface area contributed by atoms with Gasteiger partial charge in [0.25, 0.3) is 0 Å². The number of aliphatic hydroxyl groups excluding tert-OH is 1. The molecule has 2 aliphatic carbocycles. The second kappa shape index (κ2) is 9.17. The van der Waals surface area contributed by atoms with Crippen molar-refractivity contribution in [1.29, 1.82) is 0 Å². The van der Waals surface area contributed by atoms with Gasteiger partial charge in [-0.2, -0.15) is 5.10 Å². The van der Waals surface area contributed by atoms with Gasteiger partial charge in [0.05, 0.1) is 12.1 Å². The third kappa shape index (κ3) is 5.42. The van der Waals surface area contributed by atoms with Crippen LogP contribution in [-0.4, -0.2) is 45.4 Å². The number of rotatable bonds is 7. The summed E-state index contributed by atoms with van der Waals surface area (Å²) >= 11 is 0. The third-order valence-corrected chi connectivity index (χ3v) is 5.60. The maximum atomic E-state index is 12.4. The fourth-order valence-corrected chi connectivity index (χ4v) is 3.91. The Hall–Kier alpha value is -2.15. The van der Waals surface area contributed by atoms with Crippen LogP contribution in [0.4, 0.5) is 0 Å². The van der Waals surface area contributed by atoms with Crippen molar-refractivity contribution in [2.45, 2.75) is 70.6 Å². The lowest BCUT2D eigenvalue weighted by molar-refractivity contribution is -0.125. The lowest BCUT2D eigenvalue weighted by Gasteiger charge is -2.17. The van der Waals surface area contributed by atoms with E-state index >= 15 is 0 Å². The molecular formula is C20H30N4O3. The maximum Gasteiger partial charge on any atom is 0.223 e. The van der Waals surface area contributed by atoms with Crippen molar-refractivity contribution < 1.29 is 14.7 Å². The zero-order chi connectivity index (χ0) is 19.2. The summed E-state index contributed by atoms with van der Waals surface area (Å²) in [5, 5.41) is 20.3. The van der Waals surface area contributed by atoms with E-state index in [1.54, 1.807) is 10.9 Å². The first-order chi connectivity index (χ1) is 13.0. The molecule has 3 N–H and O–H groups in total. The van der Waals surface area contributed by atoms with E-state index < -0.39 is 6.10 Å². The summed E-state index contributed by atoms with van der Waals surface area (Å²) in [6.45, 7) is 3.05. The number of hydrogen-bond donors (Lipinski definition) is 3. The smallest absolute Gasteiger partial charge is 0.223 e.